The van der Waals surface area contributed by atoms with Crippen LogP contribution in [-0.4, -0.2) is 22.6 Å². The smallest absolute Gasteiger partial charge is 0.340 e. The Morgan fingerprint density at radius 1 is 1.43 bits per heavy atom. The number of furan rings is 1. The molecule has 14 heavy (non-hydrogen) atoms. The third-order valence-corrected chi connectivity index (χ3v) is 3.10. The molecule has 0 atom stereocenters. The quantitative estimate of drug-likeness (QED) is 0.790. The third-order valence-electron chi connectivity index (χ3n) is 1.47. The van der Waals surface area contributed by atoms with Gasteiger partial charge in [0.25, 0.3) is 0 Å². The second-order valence-corrected chi connectivity index (χ2v) is 4.94. The van der Waals surface area contributed by atoms with E-state index in [1.165, 1.54) is 23.5 Å². The lowest BCUT2D eigenvalue weighted by molar-refractivity contribution is 0.0690. The number of carboxylic acids is 1. The molecule has 0 fully saturated rings. The van der Waals surface area contributed by atoms with Crippen LogP contribution >= 0.6 is 23.5 Å². The lowest BCUT2D eigenvalue weighted by atomic mass is 10.3. The summed E-state index contributed by atoms with van der Waals surface area (Å²) in [6.45, 7) is 3.96. The van der Waals surface area contributed by atoms with E-state index >= 15 is 0 Å². The molecule has 0 unspecified atom stereocenters. The van der Waals surface area contributed by atoms with Crippen molar-refractivity contribution in [1.82, 2.24) is 0 Å². The van der Waals surface area contributed by atoms with Crippen LogP contribution in [0.25, 0.3) is 0 Å². The molecule has 1 heterocycles. The average molecular weight is 232 g/mol. The van der Waals surface area contributed by atoms with E-state index < -0.39 is 5.97 Å². The Labute approximate surface area is 91.3 Å². The summed E-state index contributed by atoms with van der Waals surface area (Å²) in [5.41, 5.74) is 0.271. The summed E-state index contributed by atoms with van der Waals surface area (Å²) in [6, 6.07) is 1.59. The normalized spacial score (nSPS) is 10.4. The number of carboxylic acid groups (broad SMARTS) is 1. The first-order valence-electron chi connectivity index (χ1n) is 4.31. The molecule has 0 aliphatic heterocycles. The molecular formula is C9H12O3S2. The van der Waals surface area contributed by atoms with Gasteiger partial charge in [0.15, 0.2) is 10.2 Å². The fraction of sp³-hybridized carbons (Fsp3) is 0.444. The maximum Gasteiger partial charge on any atom is 0.340 e. The van der Waals surface area contributed by atoms with E-state index in [0.717, 1.165) is 11.5 Å². The number of hydrogen-bond donors (Lipinski definition) is 1. The van der Waals surface area contributed by atoms with Crippen molar-refractivity contribution in [3.8, 4) is 0 Å². The monoisotopic (exact) mass is 232 g/mol. The first-order valence-corrected chi connectivity index (χ1v) is 6.28. The van der Waals surface area contributed by atoms with E-state index in [1.807, 2.05) is 13.8 Å². The molecule has 1 aromatic heterocycles. The second-order valence-electron chi connectivity index (χ2n) is 2.44. The Kier molecular flexibility index (Phi) is 4.41. The highest BCUT2D eigenvalue weighted by molar-refractivity contribution is 7.99. The summed E-state index contributed by atoms with van der Waals surface area (Å²) < 4.78 is 5.40. The first kappa shape index (κ1) is 11.5. The van der Waals surface area contributed by atoms with Gasteiger partial charge in [0.2, 0.25) is 0 Å². The zero-order valence-electron chi connectivity index (χ0n) is 8.07. The van der Waals surface area contributed by atoms with E-state index in [4.69, 9.17) is 9.52 Å². The van der Waals surface area contributed by atoms with Gasteiger partial charge >= 0.3 is 5.97 Å². The van der Waals surface area contributed by atoms with Gasteiger partial charge in [0.1, 0.15) is 5.56 Å². The average Bonchev–Trinajstić information content (AvgIpc) is 2.49. The molecule has 0 saturated heterocycles. The molecular weight excluding hydrogens is 220 g/mol. The van der Waals surface area contributed by atoms with Crippen molar-refractivity contribution >= 4 is 29.5 Å². The molecule has 78 valence electrons. The highest BCUT2D eigenvalue weighted by Crippen LogP contribution is 2.31. The van der Waals surface area contributed by atoms with Crippen molar-refractivity contribution in [2.75, 3.05) is 11.5 Å². The minimum absolute atomic E-state index is 0.271. The fourth-order valence-electron chi connectivity index (χ4n) is 0.953. The van der Waals surface area contributed by atoms with Crippen molar-refractivity contribution < 1.29 is 14.3 Å². The molecule has 0 bridgehead atoms. The van der Waals surface area contributed by atoms with Gasteiger partial charge in [-0.1, -0.05) is 37.4 Å². The Bertz CT molecular complexity index is 320. The van der Waals surface area contributed by atoms with E-state index in [2.05, 4.69) is 0 Å². The van der Waals surface area contributed by atoms with Crippen LogP contribution in [0.2, 0.25) is 0 Å². The van der Waals surface area contributed by atoms with Crippen LogP contribution in [0.5, 0.6) is 0 Å². The number of aromatic carboxylic acids is 1. The molecule has 0 saturated carbocycles. The molecule has 0 aromatic carbocycles. The molecule has 0 aliphatic carbocycles. The van der Waals surface area contributed by atoms with E-state index in [1.54, 1.807) is 6.07 Å². The van der Waals surface area contributed by atoms with Crippen LogP contribution in [0, 0.1) is 0 Å². The Morgan fingerprint density at radius 2 is 2.07 bits per heavy atom. The van der Waals surface area contributed by atoms with Crippen LogP contribution in [0.1, 0.15) is 24.2 Å². The molecule has 3 nitrogen and oxygen atoms in total. The van der Waals surface area contributed by atoms with Crippen molar-refractivity contribution in [3.05, 3.63) is 11.6 Å². The largest absolute Gasteiger partial charge is 0.478 e. The maximum absolute atomic E-state index is 10.8. The lowest BCUT2D eigenvalue weighted by Crippen LogP contribution is -1.94. The van der Waals surface area contributed by atoms with Crippen molar-refractivity contribution in [3.63, 3.8) is 0 Å². The molecule has 0 aliphatic rings. The van der Waals surface area contributed by atoms with Crippen LogP contribution in [0.4, 0.5) is 0 Å². The summed E-state index contributed by atoms with van der Waals surface area (Å²) in [4.78, 5) is 10.8. The topological polar surface area (TPSA) is 50.4 Å². The maximum atomic E-state index is 10.8. The number of thioether (sulfide) groups is 2. The highest BCUT2D eigenvalue weighted by Gasteiger charge is 2.16. The first-order chi connectivity index (χ1) is 6.69. The van der Waals surface area contributed by atoms with Crippen molar-refractivity contribution in [2.45, 2.75) is 24.0 Å². The summed E-state index contributed by atoms with van der Waals surface area (Å²) in [5.74, 6) is 0.764. The Balaban J connectivity index is 2.93. The zero-order valence-corrected chi connectivity index (χ0v) is 9.70. The molecule has 0 radical (unpaired) electrons. The summed E-state index contributed by atoms with van der Waals surface area (Å²) >= 11 is 2.93. The molecule has 1 rings (SSSR count). The SMILES string of the molecule is CCSc1cc(C(=O)O)c(SCC)o1. The third kappa shape index (κ3) is 2.72. The predicted octanol–water partition coefficient (Wildman–Crippen LogP) is 3.20. The molecule has 0 amide bonds. The Morgan fingerprint density at radius 3 is 2.57 bits per heavy atom. The highest BCUT2D eigenvalue weighted by atomic mass is 32.2. The van der Waals surface area contributed by atoms with E-state index in [-0.39, 0.29) is 5.56 Å². The van der Waals surface area contributed by atoms with E-state index in [9.17, 15) is 4.79 Å². The summed E-state index contributed by atoms with van der Waals surface area (Å²) in [7, 11) is 0. The molecule has 5 heteroatoms. The summed E-state index contributed by atoms with van der Waals surface area (Å²) in [6.07, 6.45) is 0. The van der Waals surface area contributed by atoms with E-state index in [0.29, 0.717) is 10.2 Å². The van der Waals surface area contributed by atoms with Gasteiger partial charge < -0.3 is 9.52 Å². The van der Waals surface area contributed by atoms with Gasteiger partial charge in [0, 0.05) is 6.07 Å². The van der Waals surface area contributed by atoms with Crippen LogP contribution in [0.15, 0.2) is 20.7 Å². The summed E-state index contributed by atoms with van der Waals surface area (Å²) in [5, 5.41) is 10.1. The van der Waals surface area contributed by atoms with Crippen molar-refractivity contribution in [2.24, 2.45) is 0 Å². The number of hydrogen-bond acceptors (Lipinski definition) is 4. The predicted molar refractivity (Wildman–Crippen MR) is 58.5 cm³/mol. The van der Waals surface area contributed by atoms with Gasteiger partial charge in [-0.05, 0) is 11.5 Å². The van der Waals surface area contributed by atoms with Crippen LogP contribution in [-0.2, 0) is 0 Å². The van der Waals surface area contributed by atoms with Gasteiger partial charge in [-0.25, -0.2) is 4.79 Å². The lowest BCUT2D eigenvalue weighted by Gasteiger charge is -1.93. The van der Waals surface area contributed by atoms with Crippen LogP contribution < -0.4 is 0 Å². The minimum Gasteiger partial charge on any atom is -0.478 e. The second kappa shape index (κ2) is 5.36. The minimum atomic E-state index is -0.923. The standard InChI is InChI=1S/C9H12O3S2/c1-3-13-7-5-6(8(10)11)9(12-7)14-4-2/h5H,3-4H2,1-2H3,(H,10,11). The van der Waals surface area contributed by atoms with Gasteiger partial charge in [-0.15, -0.1) is 0 Å². The van der Waals surface area contributed by atoms with Crippen molar-refractivity contribution in [1.29, 1.82) is 0 Å². The molecule has 1 aromatic rings. The Hall–Kier alpha value is -0.550. The molecule has 1 N–H and O–H groups in total. The van der Waals surface area contributed by atoms with Gasteiger partial charge in [0.05, 0.1) is 0 Å². The fourth-order valence-corrected chi connectivity index (χ4v) is 2.35. The number of rotatable bonds is 5. The number of carbonyl (C=O) groups is 1. The van der Waals surface area contributed by atoms with Gasteiger partial charge in [-0.2, -0.15) is 0 Å². The van der Waals surface area contributed by atoms with Gasteiger partial charge in [-0.3, -0.25) is 0 Å². The molecule has 0 spiro atoms. The zero-order chi connectivity index (χ0) is 10.6. The van der Waals surface area contributed by atoms with Crippen LogP contribution in [0.3, 0.4) is 0 Å².